The van der Waals surface area contributed by atoms with Gasteiger partial charge < -0.3 is 10.1 Å². The van der Waals surface area contributed by atoms with Crippen LogP contribution in [0.2, 0.25) is 0 Å². The Labute approximate surface area is 114 Å². The molecule has 1 unspecified atom stereocenters. The Bertz CT molecular complexity index is 311. The van der Waals surface area contributed by atoms with Crippen LogP contribution in [0.1, 0.15) is 32.1 Å². The van der Waals surface area contributed by atoms with Crippen LogP contribution in [0.25, 0.3) is 0 Å². The third-order valence-corrected chi connectivity index (χ3v) is 5.42. The van der Waals surface area contributed by atoms with Gasteiger partial charge in [-0.15, -0.1) is 0 Å². The Hall–Kier alpha value is -0.480. The molecule has 1 heterocycles. The van der Waals surface area contributed by atoms with E-state index in [2.05, 4.69) is 23.7 Å². The third-order valence-electron chi connectivity index (χ3n) is 4.00. The number of hydrogen-bond acceptors (Lipinski definition) is 3. The maximum atomic E-state index is 11.9. The van der Waals surface area contributed by atoms with Crippen molar-refractivity contribution in [3.63, 3.8) is 0 Å². The SMILES string of the molecule is CSC1(CNC(=O)CC2C=CCC2)CCOCC1. The van der Waals surface area contributed by atoms with Crippen molar-refractivity contribution < 1.29 is 9.53 Å². The van der Waals surface area contributed by atoms with Crippen molar-refractivity contribution in [2.24, 2.45) is 5.92 Å². The van der Waals surface area contributed by atoms with Crippen molar-refractivity contribution in [3.05, 3.63) is 12.2 Å². The van der Waals surface area contributed by atoms with Crippen LogP contribution in [-0.2, 0) is 9.53 Å². The summed E-state index contributed by atoms with van der Waals surface area (Å²) in [5.74, 6) is 0.663. The molecule has 0 aromatic heterocycles. The second-order valence-electron chi connectivity index (χ2n) is 5.25. The summed E-state index contributed by atoms with van der Waals surface area (Å²) >= 11 is 1.87. The van der Waals surface area contributed by atoms with E-state index < -0.39 is 0 Å². The van der Waals surface area contributed by atoms with Crippen LogP contribution in [0, 0.1) is 5.92 Å². The highest BCUT2D eigenvalue weighted by Gasteiger charge is 2.32. The molecule has 4 heteroatoms. The Kier molecular flexibility index (Phi) is 5.13. The molecule has 0 radical (unpaired) electrons. The maximum Gasteiger partial charge on any atom is 0.220 e. The van der Waals surface area contributed by atoms with E-state index in [1.54, 1.807) is 0 Å². The number of thioether (sulfide) groups is 1. The second-order valence-corrected chi connectivity index (χ2v) is 6.52. The first-order chi connectivity index (χ1) is 8.74. The van der Waals surface area contributed by atoms with E-state index in [0.717, 1.165) is 45.4 Å². The van der Waals surface area contributed by atoms with Crippen molar-refractivity contribution >= 4 is 17.7 Å². The van der Waals surface area contributed by atoms with E-state index in [1.165, 1.54) is 0 Å². The standard InChI is InChI=1S/C14H23NO2S/c1-18-14(6-8-17-9-7-14)11-15-13(16)10-12-4-2-3-5-12/h2,4,12H,3,5-11H2,1H3,(H,15,16). The van der Waals surface area contributed by atoms with Crippen LogP contribution in [-0.4, -0.2) is 36.7 Å². The summed E-state index contributed by atoms with van der Waals surface area (Å²) in [7, 11) is 0. The normalized spacial score (nSPS) is 26.2. The Morgan fingerprint density at radius 1 is 1.50 bits per heavy atom. The quantitative estimate of drug-likeness (QED) is 0.779. The minimum absolute atomic E-state index is 0.194. The summed E-state index contributed by atoms with van der Waals surface area (Å²) in [6.45, 7) is 2.43. The van der Waals surface area contributed by atoms with Crippen LogP contribution in [0.15, 0.2) is 12.2 Å². The van der Waals surface area contributed by atoms with Gasteiger partial charge in [0.1, 0.15) is 0 Å². The lowest BCUT2D eigenvalue weighted by Gasteiger charge is -2.35. The fourth-order valence-electron chi connectivity index (χ4n) is 2.63. The minimum Gasteiger partial charge on any atom is -0.381 e. The van der Waals surface area contributed by atoms with Crippen molar-refractivity contribution in [1.29, 1.82) is 0 Å². The molecule has 1 atom stereocenters. The van der Waals surface area contributed by atoms with Gasteiger partial charge in [-0.05, 0) is 37.9 Å². The summed E-state index contributed by atoms with van der Waals surface area (Å²) in [5.41, 5.74) is 0. The van der Waals surface area contributed by atoms with Crippen LogP contribution in [0.4, 0.5) is 0 Å². The average Bonchev–Trinajstić information content (AvgIpc) is 2.90. The van der Waals surface area contributed by atoms with Gasteiger partial charge >= 0.3 is 0 Å². The lowest BCUT2D eigenvalue weighted by molar-refractivity contribution is -0.121. The van der Waals surface area contributed by atoms with Crippen LogP contribution in [0.5, 0.6) is 0 Å². The van der Waals surface area contributed by atoms with Crippen LogP contribution >= 0.6 is 11.8 Å². The van der Waals surface area contributed by atoms with Gasteiger partial charge in [-0.2, -0.15) is 11.8 Å². The van der Waals surface area contributed by atoms with Crippen molar-refractivity contribution in [3.8, 4) is 0 Å². The van der Waals surface area contributed by atoms with Crippen LogP contribution in [0.3, 0.4) is 0 Å². The number of rotatable bonds is 5. The number of hydrogen-bond donors (Lipinski definition) is 1. The predicted octanol–water partition coefficient (Wildman–Crippen LogP) is 2.37. The van der Waals surface area contributed by atoms with Gasteiger partial charge in [0.25, 0.3) is 0 Å². The molecule has 1 amide bonds. The van der Waals surface area contributed by atoms with E-state index in [0.29, 0.717) is 12.3 Å². The number of ether oxygens (including phenoxy) is 1. The molecule has 2 aliphatic rings. The molecule has 18 heavy (non-hydrogen) atoms. The third kappa shape index (κ3) is 3.75. The van der Waals surface area contributed by atoms with Crippen molar-refractivity contribution in [2.75, 3.05) is 26.0 Å². The summed E-state index contributed by atoms with van der Waals surface area (Å²) in [6, 6.07) is 0. The van der Waals surface area contributed by atoms with Gasteiger partial charge in [-0.3, -0.25) is 4.79 Å². The highest BCUT2D eigenvalue weighted by atomic mass is 32.2. The Balaban J connectivity index is 1.74. The summed E-state index contributed by atoms with van der Waals surface area (Å²) in [4.78, 5) is 11.9. The van der Waals surface area contributed by atoms with Gasteiger partial charge in [0.05, 0.1) is 0 Å². The van der Waals surface area contributed by atoms with E-state index in [-0.39, 0.29) is 10.7 Å². The first-order valence-electron chi connectivity index (χ1n) is 6.80. The number of nitrogens with one attached hydrogen (secondary N) is 1. The number of carbonyl (C=O) groups excluding carboxylic acids is 1. The zero-order valence-corrected chi connectivity index (χ0v) is 11.9. The summed E-state index contributed by atoms with van der Waals surface area (Å²) in [6.07, 6.45) is 11.5. The van der Waals surface area contributed by atoms with Crippen molar-refractivity contribution in [1.82, 2.24) is 5.32 Å². The first kappa shape index (κ1) is 13.9. The molecular formula is C14H23NO2S. The van der Waals surface area contributed by atoms with E-state index in [1.807, 2.05) is 11.8 Å². The monoisotopic (exact) mass is 269 g/mol. The number of amides is 1. The highest BCUT2D eigenvalue weighted by molar-refractivity contribution is 8.00. The largest absolute Gasteiger partial charge is 0.381 e. The number of carbonyl (C=O) groups is 1. The second kappa shape index (κ2) is 6.62. The van der Waals surface area contributed by atoms with Crippen molar-refractivity contribution in [2.45, 2.75) is 36.9 Å². The Morgan fingerprint density at radius 3 is 2.89 bits per heavy atom. The maximum absolute atomic E-state index is 11.9. The molecule has 0 aromatic rings. The molecule has 1 saturated heterocycles. The molecule has 1 N–H and O–H groups in total. The molecule has 0 spiro atoms. The van der Waals surface area contributed by atoms with E-state index in [9.17, 15) is 4.79 Å². The van der Waals surface area contributed by atoms with E-state index >= 15 is 0 Å². The summed E-state index contributed by atoms with van der Waals surface area (Å²) < 4.78 is 5.60. The topological polar surface area (TPSA) is 38.3 Å². The zero-order valence-electron chi connectivity index (χ0n) is 11.1. The lowest BCUT2D eigenvalue weighted by atomic mass is 9.98. The predicted molar refractivity (Wildman–Crippen MR) is 75.8 cm³/mol. The van der Waals surface area contributed by atoms with E-state index in [4.69, 9.17) is 4.74 Å². The molecule has 102 valence electrons. The molecular weight excluding hydrogens is 246 g/mol. The molecule has 1 aliphatic heterocycles. The van der Waals surface area contributed by atoms with Crippen LogP contribution < -0.4 is 5.32 Å². The van der Waals surface area contributed by atoms with Gasteiger partial charge in [-0.25, -0.2) is 0 Å². The van der Waals surface area contributed by atoms with Gasteiger partial charge in [0, 0.05) is 30.9 Å². The lowest BCUT2D eigenvalue weighted by Crippen LogP contribution is -2.44. The molecule has 2 rings (SSSR count). The zero-order chi connectivity index (χ0) is 12.8. The first-order valence-corrected chi connectivity index (χ1v) is 8.03. The molecule has 1 fully saturated rings. The Morgan fingerprint density at radius 2 is 2.28 bits per heavy atom. The van der Waals surface area contributed by atoms with Gasteiger partial charge in [0.15, 0.2) is 0 Å². The minimum atomic E-state index is 0.194. The highest BCUT2D eigenvalue weighted by Crippen LogP contribution is 2.33. The molecule has 0 bridgehead atoms. The molecule has 0 aromatic carbocycles. The summed E-state index contributed by atoms with van der Waals surface area (Å²) in [5, 5.41) is 3.12. The smallest absolute Gasteiger partial charge is 0.220 e. The molecule has 1 aliphatic carbocycles. The fraction of sp³-hybridized carbons (Fsp3) is 0.786. The average molecular weight is 269 g/mol. The number of allylic oxidation sites excluding steroid dienone is 2. The molecule has 3 nitrogen and oxygen atoms in total. The van der Waals surface area contributed by atoms with Gasteiger partial charge in [-0.1, -0.05) is 12.2 Å². The fourth-order valence-corrected chi connectivity index (χ4v) is 3.42. The molecule has 0 saturated carbocycles. The van der Waals surface area contributed by atoms with Gasteiger partial charge in [0.2, 0.25) is 5.91 Å².